The fraction of sp³-hybridized carbons (Fsp3) is 0.273. The van der Waals surface area contributed by atoms with Crippen LogP contribution < -0.4 is 30.6 Å². The molecule has 4 heterocycles. The van der Waals surface area contributed by atoms with E-state index in [1.807, 2.05) is 41.8 Å². The normalized spacial score (nSPS) is 17.0. The van der Waals surface area contributed by atoms with E-state index in [1.165, 1.54) is 14.2 Å². The first-order valence-corrected chi connectivity index (χ1v) is 14.2. The van der Waals surface area contributed by atoms with Gasteiger partial charge in [-0.2, -0.15) is 0 Å². The summed E-state index contributed by atoms with van der Waals surface area (Å²) in [5, 5.41) is 5.89. The Labute approximate surface area is 249 Å². The molecule has 2 bridgehead atoms. The van der Waals surface area contributed by atoms with Crippen molar-refractivity contribution in [2.24, 2.45) is 5.92 Å². The van der Waals surface area contributed by atoms with Crippen LogP contribution in [-0.4, -0.2) is 48.7 Å². The van der Waals surface area contributed by atoms with Gasteiger partial charge >= 0.3 is 0 Å². The van der Waals surface area contributed by atoms with E-state index in [0.717, 1.165) is 23.5 Å². The summed E-state index contributed by atoms with van der Waals surface area (Å²) in [4.78, 5) is 46.0. The molecule has 2 N–H and O–H groups in total. The van der Waals surface area contributed by atoms with Crippen molar-refractivity contribution < 1.29 is 19.1 Å². The number of hydrogen-bond acceptors (Lipinski definition) is 7. The highest BCUT2D eigenvalue weighted by Gasteiger charge is 2.35. The third-order valence-electron chi connectivity index (χ3n) is 8.07. The third kappa shape index (κ3) is 5.81. The maximum atomic E-state index is 13.6. The zero-order valence-electron chi connectivity index (χ0n) is 24.3. The number of amides is 2. The van der Waals surface area contributed by atoms with Crippen molar-refractivity contribution in [1.29, 1.82) is 0 Å². The number of ether oxygens (including phenoxy) is 2. The van der Waals surface area contributed by atoms with Crippen LogP contribution >= 0.6 is 0 Å². The quantitative estimate of drug-likeness (QED) is 0.326. The van der Waals surface area contributed by atoms with Crippen molar-refractivity contribution in [2.75, 3.05) is 42.8 Å². The Morgan fingerprint density at radius 2 is 1.58 bits per heavy atom. The minimum atomic E-state index is -0.370. The van der Waals surface area contributed by atoms with Crippen LogP contribution in [0.15, 0.2) is 77.6 Å². The topological polar surface area (TPSA) is 115 Å². The molecule has 0 aliphatic carbocycles. The number of nitrogens with one attached hydrogen (secondary N) is 2. The van der Waals surface area contributed by atoms with Gasteiger partial charge in [0.2, 0.25) is 0 Å². The number of hydrogen-bond donors (Lipinski definition) is 2. The highest BCUT2D eigenvalue weighted by molar-refractivity contribution is 6.09. The molecule has 0 saturated carbocycles. The number of piperidine rings is 1. The van der Waals surface area contributed by atoms with E-state index < -0.39 is 0 Å². The minimum absolute atomic E-state index is 0.0285. The van der Waals surface area contributed by atoms with Gasteiger partial charge in [0.15, 0.2) is 0 Å². The molecule has 2 aliphatic heterocycles. The van der Waals surface area contributed by atoms with E-state index in [-0.39, 0.29) is 29.2 Å². The Morgan fingerprint density at radius 3 is 2.33 bits per heavy atom. The van der Waals surface area contributed by atoms with Crippen LogP contribution in [0.25, 0.3) is 0 Å². The van der Waals surface area contributed by atoms with Crippen molar-refractivity contribution in [1.82, 2.24) is 9.55 Å². The lowest BCUT2D eigenvalue weighted by Crippen LogP contribution is -2.47. The molecule has 1 fully saturated rings. The van der Waals surface area contributed by atoms with Crippen LogP contribution in [0.2, 0.25) is 0 Å². The molecule has 2 unspecified atom stereocenters. The van der Waals surface area contributed by atoms with Gasteiger partial charge in [0, 0.05) is 60.2 Å². The number of carbonyl (C=O) groups is 2. The van der Waals surface area contributed by atoms with Crippen LogP contribution in [0.5, 0.6) is 11.5 Å². The predicted octanol–water partition coefficient (Wildman–Crippen LogP) is 4.70. The number of aryl methyl sites for hydroxylation is 1. The summed E-state index contributed by atoms with van der Waals surface area (Å²) in [5.41, 5.74) is 3.88. The average Bonchev–Trinajstić information content (AvgIpc) is 3.01. The summed E-state index contributed by atoms with van der Waals surface area (Å²) < 4.78 is 12.6. The number of benzene rings is 2. The fourth-order valence-electron chi connectivity index (χ4n) is 6.08. The number of aromatic nitrogens is 2. The van der Waals surface area contributed by atoms with Gasteiger partial charge in [-0.15, -0.1) is 0 Å². The number of rotatable bonds is 7. The van der Waals surface area contributed by atoms with Crippen LogP contribution in [0.1, 0.15) is 44.4 Å². The Hall–Kier alpha value is -5.12. The van der Waals surface area contributed by atoms with Crippen molar-refractivity contribution in [3.8, 4) is 11.5 Å². The summed E-state index contributed by atoms with van der Waals surface area (Å²) in [6.45, 7) is 3.89. The lowest BCUT2D eigenvalue weighted by Gasteiger charge is -2.44. The van der Waals surface area contributed by atoms with Gasteiger partial charge in [0.1, 0.15) is 17.3 Å². The van der Waals surface area contributed by atoms with Gasteiger partial charge in [-0.05, 0) is 67.8 Å². The zero-order valence-corrected chi connectivity index (χ0v) is 24.3. The van der Waals surface area contributed by atoms with Gasteiger partial charge in [-0.3, -0.25) is 14.4 Å². The maximum absolute atomic E-state index is 13.6. The van der Waals surface area contributed by atoms with Gasteiger partial charge in [-0.1, -0.05) is 12.1 Å². The van der Waals surface area contributed by atoms with E-state index in [0.29, 0.717) is 53.8 Å². The second-order valence-corrected chi connectivity index (χ2v) is 11.0. The molecular formula is C33H33N5O5. The number of carbonyl (C=O) groups excluding carboxylic acids is 2. The molecule has 10 nitrogen and oxygen atoms in total. The van der Waals surface area contributed by atoms with Crippen molar-refractivity contribution >= 4 is 29.0 Å². The van der Waals surface area contributed by atoms with Crippen LogP contribution in [0, 0.1) is 12.8 Å². The van der Waals surface area contributed by atoms with Gasteiger partial charge in [0.25, 0.3) is 17.4 Å². The van der Waals surface area contributed by atoms with Crippen LogP contribution in [-0.2, 0) is 6.54 Å². The van der Waals surface area contributed by atoms with Crippen LogP contribution in [0.4, 0.5) is 17.2 Å². The van der Waals surface area contributed by atoms with E-state index in [2.05, 4.69) is 20.5 Å². The molecule has 4 aromatic rings. The molecule has 10 heteroatoms. The number of fused-ring (bicyclic) bond motifs is 4. The summed E-state index contributed by atoms with van der Waals surface area (Å²) in [6.07, 6.45) is 0.995. The van der Waals surface area contributed by atoms with Gasteiger partial charge < -0.3 is 29.6 Å². The summed E-state index contributed by atoms with van der Waals surface area (Å²) in [7, 11) is 3.05. The van der Waals surface area contributed by atoms with E-state index >= 15 is 0 Å². The fourth-order valence-corrected chi connectivity index (χ4v) is 6.08. The molecule has 1 saturated heterocycles. The smallest absolute Gasteiger partial charge is 0.256 e. The number of nitrogens with zero attached hydrogens (tertiary/aromatic N) is 3. The SMILES string of the molecule is COc1cc(OC)cc(C(=O)Nc2cc(C(=O)Nc3cccc(C)n3)ccc2N2CC3CC(C2)c2cccc(=O)n2C3)c1. The van der Waals surface area contributed by atoms with Gasteiger partial charge in [-0.25, -0.2) is 4.98 Å². The number of pyridine rings is 2. The van der Waals surface area contributed by atoms with Crippen molar-refractivity contribution in [3.63, 3.8) is 0 Å². The van der Waals surface area contributed by atoms with E-state index in [1.54, 1.807) is 42.5 Å². The molecule has 220 valence electrons. The number of anilines is 3. The molecule has 43 heavy (non-hydrogen) atoms. The molecule has 6 rings (SSSR count). The summed E-state index contributed by atoms with van der Waals surface area (Å²) in [5.74, 6) is 1.15. The first-order valence-electron chi connectivity index (χ1n) is 14.2. The summed E-state index contributed by atoms with van der Waals surface area (Å²) >= 11 is 0. The maximum Gasteiger partial charge on any atom is 0.256 e. The molecule has 2 aromatic carbocycles. The van der Waals surface area contributed by atoms with Gasteiger partial charge in [0.05, 0.1) is 25.6 Å². The monoisotopic (exact) mass is 579 g/mol. The molecule has 2 aromatic heterocycles. The molecule has 2 aliphatic rings. The Balaban J connectivity index is 1.34. The second kappa shape index (κ2) is 11.6. The molecule has 2 amide bonds. The van der Waals surface area contributed by atoms with E-state index in [4.69, 9.17) is 9.47 Å². The second-order valence-electron chi connectivity index (χ2n) is 11.0. The summed E-state index contributed by atoms with van der Waals surface area (Å²) in [6, 6.07) is 21.2. The predicted molar refractivity (Wildman–Crippen MR) is 165 cm³/mol. The van der Waals surface area contributed by atoms with Crippen LogP contribution in [0.3, 0.4) is 0 Å². The average molecular weight is 580 g/mol. The first kappa shape index (κ1) is 28.0. The molecular weight excluding hydrogens is 546 g/mol. The lowest BCUT2D eigenvalue weighted by atomic mass is 9.83. The standard InChI is InChI=1S/C33H33N5O5/c1-20-6-4-8-30(34-20)36-32(40)22-10-11-29(27(15-22)35-33(41)23-13-25(42-2)16-26(14-23)43-3)37-17-21-12-24(19-37)28-7-5-9-31(39)38(28)18-21/h4-11,13-16,21,24H,12,17-19H2,1-3H3,(H,35,41)(H,34,36,40). The first-order chi connectivity index (χ1) is 20.8. The zero-order chi connectivity index (χ0) is 30.1. The highest BCUT2D eigenvalue weighted by Crippen LogP contribution is 2.39. The van der Waals surface area contributed by atoms with E-state index in [9.17, 15) is 14.4 Å². The lowest BCUT2D eigenvalue weighted by molar-refractivity contribution is 0.101. The molecule has 2 atom stereocenters. The Bertz CT molecular complexity index is 1740. The minimum Gasteiger partial charge on any atom is -0.497 e. The van der Waals surface area contributed by atoms with Crippen molar-refractivity contribution in [2.45, 2.75) is 25.8 Å². The molecule has 0 radical (unpaired) electrons. The third-order valence-corrected chi connectivity index (χ3v) is 8.07. The molecule has 0 spiro atoms. The Morgan fingerprint density at radius 1 is 0.837 bits per heavy atom. The largest absolute Gasteiger partial charge is 0.497 e. The number of methoxy groups -OCH3 is 2. The highest BCUT2D eigenvalue weighted by atomic mass is 16.5. The van der Waals surface area contributed by atoms with Crippen molar-refractivity contribution in [3.05, 3.63) is 106 Å². The Kier molecular flexibility index (Phi) is 7.58.